The van der Waals surface area contributed by atoms with Gasteiger partial charge in [0, 0.05) is 0 Å². The third-order valence-electron chi connectivity index (χ3n) is 9.69. The maximum Gasteiger partial charge on any atom is 0.189 e. The summed E-state index contributed by atoms with van der Waals surface area (Å²) in [6.07, 6.45) is 49.3. The highest BCUT2D eigenvalue weighted by Gasteiger charge is 1.98. The Morgan fingerprint density at radius 1 is 0.333 bits per heavy atom. The largest absolute Gasteiger partial charge is 0.468 e. The Morgan fingerprint density at radius 2 is 0.600 bits per heavy atom. The average molecular weight is 629 g/mol. The second-order valence-electron chi connectivity index (χ2n) is 14.2. The fourth-order valence-electron chi connectivity index (χ4n) is 6.62. The van der Waals surface area contributed by atoms with E-state index in [2.05, 4.69) is 6.92 Å². The molecule has 1 aromatic carbocycles. The van der Waals surface area contributed by atoms with Gasteiger partial charge < -0.3 is 9.47 Å². The Bertz CT molecular complexity index is 645. The number of unbranched alkanes of at least 4 members (excludes halogenated alkanes) is 33. The summed E-state index contributed by atoms with van der Waals surface area (Å²) in [7, 11) is 0. The van der Waals surface area contributed by atoms with Crippen LogP contribution in [0.4, 0.5) is 0 Å². The smallest absolute Gasteiger partial charge is 0.189 e. The molecule has 0 atom stereocenters. The lowest BCUT2D eigenvalue weighted by molar-refractivity contribution is 0.0135. The van der Waals surface area contributed by atoms with Crippen molar-refractivity contribution in [1.82, 2.24) is 0 Å². The lowest BCUT2D eigenvalue weighted by atomic mass is 10.0. The molecular formula is C43H80O2. The molecule has 0 radical (unpaired) electrons. The van der Waals surface area contributed by atoms with E-state index >= 15 is 0 Å². The van der Waals surface area contributed by atoms with E-state index in [0.717, 1.165) is 18.8 Å². The number of rotatable bonds is 38. The monoisotopic (exact) mass is 629 g/mol. The van der Waals surface area contributed by atoms with Crippen molar-refractivity contribution in [3.05, 3.63) is 30.3 Å². The van der Waals surface area contributed by atoms with Crippen LogP contribution in [-0.4, -0.2) is 13.4 Å². The minimum Gasteiger partial charge on any atom is -0.468 e. The van der Waals surface area contributed by atoms with Crippen LogP contribution in [0.2, 0.25) is 0 Å². The summed E-state index contributed by atoms with van der Waals surface area (Å²) < 4.78 is 11.1. The van der Waals surface area contributed by atoms with Crippen molar-refractivity contribution < 1.29 is 9.47 Å². The van der Waals surface area contributed by atoms with Crippen LogP contribution in [0.25, 0.3) is 0 Å². The highest BCUT2D eigenvalue weighted by molar-refractivity contribution is 5.20. The molecule has 1 aromatic rings. The van der Waals surface area contributed by atoms with Gasteiger partial charge in [0.2, 0.25) is 0 Å². The molecule has 2 nitrogen and oxygen atoms in total. The molecule has 0 bridgehead atoms. The van der Waals surface area contributed by atoms with Crippen molar-refractivity contribution in [2.24, 2.45) is 0 Å². The molecule has 0 N–H and O–H groups in total. The maximum absolute atomic E-state index is 5.58. The van der Waals surface area contributed by atoms with E-state index in [9.17, 15) is 0 Å². The van der Waals surface area contributed by atoms with E-state index in [1.165, 1.54) is 212 Å². The van der Waals surface area contributed by atoms with Crippen LogP contribution in [0.15, 0.2) is 30.3 Å². The molecule has 0 amide bonds. The summed E-state index contributed by atoms with van der Waals surface area (Å²) >= 11 is 0. The minimum atomic E-state index is 0.365. The fourth-order valence-corrected chi connectivity index (χ4v) is 6.62. The normalized spacial score (nSPS) is 11.4. The Kier molecular flexibility index (Phi) is 34.9. The van der Waals surface area contributed by atoms with Crippen LogP contribution in [0.5, 0.6) is 5.75 Å². The van der Waals surface area contributed by atoms with Crippen molar-refractivity contribution in [1.29, 1.82) is 0 Å². The standard InChI is InChI=1S/C43H80O2/c1-2-3-4-5-6-7-8-9-10-11-12-13-14-15-16-17-18-19-20-21-22-23-24-25-26-27-28-29-30-31-32-33-34-38-41-44-42-45-43-39-36-35-37-40-43/h35-37,39-40H,2-34,38,41-42H2,1H3. The van der Waals surface area contributed by atoms with Crippen LogP contribution in [0.1, 0.15) is 225 Å². The van der Waals surface area contributed by atoms with Crippen LogP contribution in [0.3, 0.4) is 0 Å². The van der Waals surface area contributed by atoms with Gasteiger partial charge in [-0.05, 0) is 18.6 Å². The van der Waals surface area contributed by atoms with E-state index in [1.807, 2.05) is 30.3 Å². The van der Waals surface area contributed by atoms with Gasteiger partial charge in [-0.3, -0.25) is 0 Å². The molecule has 0 fully saturated rings. The van der Waals surface area contributed by atoms with Gasteiger partial charge in [0.1, 0.15) is 5.75 Å². The van der Waals surface area contributed by atoms with Gasteiger partial charge >= 0.3 is 0 Å². The molecule has 0 aliphatic heterocycles. The van der Waals surface area contributed by atoms with E-state index < -0.39 is 0 Å². The zero-order valence-corrected chi connectivity index (χ0v) is 30.7. The highest BCUT2D eigenvalue weighted by Crippen LogP contribution is 2.17. The second kappa shape index (κ2) is 37.4. The van der Waals surface area contributed by atoms with Gasteiger partial charge in [0.15, 0.2) is 6.79 Å². The van der Waals surface area contributed by atoms with E-state index in [1.54, 1.807) is 0 Å². The predicted octanol–water partition coefficient (Wildman–Crippen LogP) is 15.3. The molecule has 1 rings (SSSR count). The third-order valence-corrected chi connectivity index (χ3v) is 9.69. The molecule has 0 aliphatic rings. The first-order chi connectivity index (χ1) is 22.4. The molecule has 0 unspecified atom stereocenters. The zero-order valence-electron chi connectivity index (χ0n) is 30.7. The lowest BCUT2D eigenvalue weighted by Gasteiger charge is -2.07. The van der Waals surface area contributed by atoms with Crippen LogP contribution in [0, 0.1) is 0 Å². The summed E-state index contributed by atoms with van der Waals surface area (Å²) in [5.41, 5.74) is 0. The maximum atomic E-state index is 5.58. The summed E-state index contributed by atoms with van der Waals surface area (Å²) in [4.78, 5) is 0. The van der Waals surface area contributed by atoms with Gasteiger partial charge in [-0.15, -0.1) is 0 Å². The molecule has 2 heteroatoms. The lowest BCUT2D eigenvalue weighted by Crippen LogP contribution is -2.03. The van der Waals surface area contributed by atoms with Gasteiger partial charge in [0.05, 0.1) is 6.61 Å². The van der Waals surface area contributed by atoms with Gasteiger partial charge in [-0.1, -0.05) is 237 Å². The molecule has 0 saturated carbocycles. The van der Waals surface area contributed by atoms with E-state index in [0.29, 0.717) is 6.79 Å². The number of hydrogen-bond donors (Lipinski definition) is 0. The SMILES string of the molecule is CCCCCCCCCCCCCCCCCCCCCCCCCCCCCCCCCCCCOCOc1ccccc1. The summed E-state index contributed by atoms with van der Waals surface area (Å²) in [5, 5.41) is 0. The summed E-state index contributed by atoms with van der Waals surface area (Å²) in [6, 6.07) is 9.90. The van der Waals surface area contributed by atoms with E-state index in [-0.39, 0.29) is 0 Å². The number of benzene rings is 1. The molecule has 264 valence electrons. The molecular weight excluding hydrogens is 548 g/mol. The van der Waals surface area contributed by atoms with E-state index in [4.69, 9.17) is 9.47 Å². The highest BCUT2D eigenvalue weighted by atomic mass is 16.7. The second-order valence-corrected chi connectivity index (χ2v) is 14.2. The van der Waals surface area contributed by atoms with Crippen molar-refractivity contribution in [2.75, 3.05) is 13.4 Å². The quantitative estimate of drug-likeness (QED) is 0.0536. The Morgan fingerprint density at radius 3 is 0.889 bits per heavy atom. The Hall–Kier alpha value is -1.02. The van der Waals surface area contributed by atoms with Crippen molar-refractivity contribution in [3.8, 4) is 5.75 Å². The number of hydrogen-bond acceptors (Lipinski definition) is 2. The predicted molar refractivity (Wildman–Crippen MR) is 201 cm³/mol. The topological polar surface area (TPSA) is 18.5 Å². The molecule has 0 aromatic heterocycles. The van der Waals surface area contributed by atoms with Gasteiger partial charge in [-0.25, -0.2) is 0 Å². The third kappa shape index (κ3) is 34.1. The fraction of sp³-hybridized carbons (Fsp3) is 0.860. The first-order valence-corrected chi connectivity index (χ1v) is 20.7. The van der Waals surface area contributed by atoms with Gasteiger partial charge in [-0.2, -0.15) is 0 Å². The van der Waals surface area contributed by atoms with Gasteiger partial charge in [0.25, 0.3) is 0 Å². The number of ether oxygens (including phenoxy) is 2. The molecule has 0 heterocycles. The van der Waals surface area contributed by atoms with Crippen molar-refractivity contribution in [2.45, 2.75) is 225 Å². The molecule has 0 aliphatic carbocycles. The molecule has 45 heavy (non-hydrogen) atoms. The molecule has 0 saturated heterocycles. The Balaban J connectivity index is 1.61. The van der Waals surface area contributed by atoms with Crippen LogP contribution in [-0.2, 0) is 4.74 Å². The molecule has 0 spiro atoms. The zero-order chi connectivity index (χ0) is 32.0. The first kappa shape index (κ1) is 42.0. The number of para-hydroxylation sites is 1. The van der Waals surface area contributed by atoms with Crippen LogP contribution >= 0.6 is 0 Å². The van der Waals surface area contributed by atoms with Crippen molar-refractivity contribution >= 4 is 0 Å². The minimum absolute atomic E-state index is 0.365. The summed E-state index contributed by atoms with van der Waals surface area (Å²) in [5.74, 6) is 0.883. The average Bonchev–Trinajstić information content (AvgIpc) is 3.06. The van der Waals surface area contributed by atoms with Crippen LogP contribution < -0.4 is 4.74 Å². The first-order valence-electron chi connectivity index (χ1n) is 20.7. The Labute approximate surface area is 283 Å². The van der Waals surface area contributed by atoms with Crippen molar-refractivity contribution in [3.63, 3.8) is 0 Å². The summed E-state index contributed by atoms with van der Waals surface area (Å²) in [6.45, 7) is 3.48.